The van der Waals surface area contributed by atoms with Crippen LogP contribution in [0.4, 0.5) is 0 Å². The number of halogens is 1. The van der Waals surface area contributed by atoms with E-state index in [4.69, 9.17) is 12.2 Å². The van der Waals surface area contributed by atoms with E-state index in [-0.39, 0.29) is 5.56 Å². The SMILES string of the molecule is O=c1c2ccccc2n2c(=S)sc(-c3ccccc3)c2n1Cc1cccc(Br)c1. The maximum Gasteiger partial charge on any atom is 0.261 e. The number of hydrogen-bond acceptors (Lipinski definition) is 3. The third-order valence-electron chi connectivity index (χ3n) is 4.93. The molecule has 0 aliphatic rings. The Hall–Kier alpha value is -2.54. The zero-order chi connectivity index (χ0) is 20.0. The highest BCUT2D eigenvalue weighted by Gasteiger charge is 2.18. The zero-order valence-corrected chi connectivity index (χ0v) is 18.4. The molecule has 0 fully saturated rings. The molecule has 0 unspecified atom stereocenters. The minimum absolute atomic E-state index is 0.00874. The lowest BCUT2D eigenvalue weighted by atomic mass is 10.1. The molecule has 5 aromatic rings. The summed E-state index contributed by atoms with van der Waals surface area (Å²) >= 11 is 10.8. The van der Waals surface area contributed by atoms with Gasteiger partial charge in [0.05, 0.1) is 22.3 Å². The lowest BCUT2D eigenvalue weighted by Gasteiger charge is -2.13. The summed E-state index contributed by atoms with van der Waals surface area (Å²) in [6.45, 7) is 0.470. The van der Waals surface area contributed by atoms with Crippen LogP contribution in [0.3, 0.4) is 0 Å². The van der Waals surface area contributed by atoms with Crippen LogP contribution in [-0.2, 0) is 6.54 Å². The predicted octanol–water partition coefficient (Wildman–Crippen LogP) is 6.52. The molecule has 29 heavy (non-hydrogen) atoms. The first kappa shape index (κ1) is 18.5. The molecule has 0 spiro atoms. The Labute approximate surface area is 184 Å². The molecule has 0 amide bonds. The largest absolute Gasteiger partial charge is 0.288 e. The molecule has 3 nitrogen and oxygen atoms in total. The summed E-state index contributed by atoms with van der Waals surface area (Å²) in [5, 5.41) is 0.670. The highest BCUT2D eigenvalue weighted by Crippen LogP contribution is 2.33. The number of nitrogens with zero attached hydrogens (tertiary/aromatic N) is 2. The van der Waals surface area contributed by atoms with E-state index < -0.39 is 0 Å². The summed E-state index contributed by atoms with van der Waals surface area (Å²) < 4.78 is 5.61. The fourth-order valence-electron chi connectivity index (χ4n) is 3.66. The van der Waals surface area contributed by atoms with Crippen LogP contribution in [0, 0.1) is 3.95 Å². The molecule has 0 saturated heterocycles. The Morgan fingerprint density at radius 1 is 0.931 bits per heavy atom. The van der Waals surface area contributed by atoms with E-state index in [1.165, 1.54) is 0 Å². The number of para-hydroxylation sites is 1. The molecular formula is C23H15BrN2OS2. The van der Waals surface area contributed by atoms with Gasteiger partial charge in [0.1, 0.15) is 5.65 Å². The summed E-state index contributed by atoms with van der Waals surface area (Å²) in [6, 6.07) is 25.8. The van der Waals surface area contributed by atoms with E-state index in [9.17, 15) is 4.79 Å². The van der Waals surface area contributed by atoms with Gasteiger partial charge < -0.3 is 0 Å². The van der Waals surface area contributed by atoms with Crippen molar-refractivity contribution in [1.29, 1.82) is 0 Å². The Kier molecular flexibility index (Phi) is 4.70. The van der Waals surface area contributed by atoms with Crippen LogP contribution in [0.5, 0.6) is 0 Å². The number of benzene rings is 3. The Morgan fingerprint density at radius 2 is 1.69 bits per heavy atom. The normalized spacial score (nSPS) is 11.3. The fourth-order valence-corrected chi connectivity index (χ4v) is 5.53. The molecule has 142 valence electrons. The molecule has 0 atom stereocenters. The van der Waals surface area contributed by atoms with Crippen LogP contribution in [0.1, 0.15) is 5.56 Å². The average molecular weight is 479 g/mol. The van der Waals surface area contributed by atoms with Crippen LogP contribution in [-0.4, -0.2) is 8.97 Å². The molecule has 0 aliphatic heterocycles. The van der Waals surface area contributed by atoms with Crippen LogP contribution in [0.2, 0.25) is 0 Å². The van der Waals surface area contributed by atoms with Gasteiger partial charge in [-0.25, -0.2) is 0 Å². The van der Waals surface area contributed by atoms with E-state index in [2.05, 4.69) is 28.1 Å². The zero-order valence-electron chi connectivity index (χ0n) is 15.2. The van der Waals surface area contributed by atoms with E-state index in [1.807, 2.05) is 75.7 Å². The summed E-state index contributed by atoms with van der Waals surface area (Å²) in [7, 11) is 0. The van der Waals surface area contributed by atoms with Gasteiger partial charge >= 0.3 is 0 Å². The molecule has 5 rings (SSSR count). The van der Waals surface area contributed by atoms with E-state index in [0.29, 0.717) is 11.9 Å². The summed E-state index contributed by atoms with van der Waals surface area (Å²) in [4.78, 5) is 14.5. The van der Waals surface area contributed by atoms with Crippen molar-refractivity contribution in [2.24, 2.45) is 0 Å². The number of aromatic nitrogens is 2. The number of thiazole rings is 1. The fraction of sp³-hybridized carbons (Fsp3) is 0.0435. The topological polar surface area (TPSA) is 26.4 Å². The van der Waals surface area contributed by atoms with Crippen LogP contribution >= 0.6 is 39.5 Å². The summed E-state index contributed by atoms with van der Waals surface area (Å²) in [5.41, 5.74) is 3.79. The minimum Gasteiger partial charge on any atom is -0.288 e. The van der Waals surface area contributed by atoms with Gasteiger partial charge in [-0.3, -0.25) is 13.8 Å². The second-order valence-electron chi connectivity index (χ2n) is 6.76. The van der Waals surface area contributed by atoms with Crippen molar-refractivity contribution < 1.29 is 0 Å². The van der Waals surface area contributed by atoms with Gasteiger partial charge in [-0.15, -0.1) is 11.3 Å². The number of hydrogen-bond donors (Lipinski definition) is 0. The molecule has 0 aliphatic carbocycles. The molecular weight excluding hydrogens is 464 g/mol. The molecule has 0 N–H and O–H groups in total. The van der Waals surface area contributed by atoms with Gasteiger partial charge in [0, 0.05) is 4.47 Å². The lowest BCUT2D eigenvalue weighted by molar-refractivity contribution is 0.780. The third-order valence-corrected chi connectivity index (χ3v) is 6.83. The van der Waals surface area contributed by atoms with Crippen molar-refractivity contribution in [3.05, 3.63) is 103 Å². The Bertz CT molecular complexity index is 1480. The Morgan fingerprint density at radius 3 is 2.48 bits per heavy atom. The molecule has 3 aromatic carbocycles. The summed E-state index contributed by atoms with van der Waals surface area (Å²) in [6.07, 6.45) is 0. The number of rotatable bonds is 3. The van der Waals surface area contributed by atoms with E-state index >= 15 is 0 Å². The summed E-state index contributed by atoms with van der Waals surface area (Å²) in [5.74, 6) is 0. The van der Waals surface area contributed by atoms with Gasteiger partial charge in [0.25, 0.3) is 5.56 Å². The number of fused-ring (bicyclic) bond motifs is 3. The van der Waals surface area contributed by atoms with E-state index in [1.54, 1.807) is 11.3 Å². The highest BCUT2D eigenvalue weighted by molar-refractivity contribution is 9.10. The first-order valence-corrected chi connectivity index (χ1v) is 11.1. The van der Waals surface area contributed by atoms with Crippen LogP contribution in [0.25, 0.3) is 27.0 Å². The monoisotopic (exact) mass is 478 g/mol. The molecule has 0 bridgehead atoms. The van der Waals surface area contributed by atoms with E-state index in [0.717, 1.165) is 35.6 Å². The Balaban J connectivity index is 1.92. The first-order valence-electron chi connectivity index (χ1n) is 9.10. The standard InChI is InChI=1S/C23H15BrN2OS2/c24-17-10-6-7-15(13-17)14-25-21-20(16-8-2-1-3-9-16)29-23(28)26(21)19-12-5-4-11-18(19)22(25)27/h1-13H,14H2. The van der Waals surface area contributed by atoms with Crippen molar-refractivity contribution in [2.45, 2.75) is 6.54 Å². The van der Waals surface area contributed by atoms with Crippen LogP contribution < -0.4 is 5.56 Å². The van der Waals surface area contributed by atoms with Crippen LogP contribution in [0.15, 0.2) is 88.1 Å². The molecule has 0 saturated carbocycles. The third kappa shape index (κ3) is 3.17. The minimum atomic E-state index is -0.00874. The quantitative estimate of drug-likeness (QED) is 0.275. The lowest BCUT2D eigenvalue weighted by Crippen LogP contribution is -2.23. The first-order chi connectivity index (χ1) is 14.1. The van der Waals surface area contributed by atoms with Gasteiger partial charge in [-0.05, 0) is 47.6 Å². The van der Waals surface area contributed by atoms with Crippen molar-refractivity contribution >= 4 is 56.0 Å². The second-order valence-corrected chi connectivity index (χ2v) is 9.32. The molecule has 0 radical (unpaired) electrons. The van der Waals surface area contributed by atoms with Crippen molar-refractivity contribution in [3.8, 4) is 10.4 Å². The van der Waals surface area contributed by atoms with Crippen molar-refractivity contribution in [3.63, 3.8) is 0 Å². The van der Waals surface area contributed by atoms with Crippen molar-refractivity contribution in [2.75, 3.05) is 0 Å². The molecule has 6 heteroatoms. The maximum absolute atomic E-state index is 13.5. The molecule has 2 aromatic heterocycles. The maximum atomic E-state index is 13.5. The van der Waals surface area contributed by atoms with Gasteiger partial charge in [0.2, 0.25) is 0 Å². The van der Waals surface area contributed by atoms with Gasteiger partial charge in [-0.1, -0.05) is 70.5 Å². The van der Waals surface area contributed by atoms with Gasteiger partial charge in [-0.2, -0.15) is 0 Å². The smallest absolute Gasteiger partial charge is 0.261 e. The molecule has 2 heterocycles. The predicted molar refractivity (Wildman–Crippen MR) is 127 cm³/mol. The van der Waals surface area contributed by atoms with Crippen molar-refractivity contribution in [1.82, 2.24) is 8.97 Å². The second kappa shape index (κ2) is 7.37. The van der Waals surface area contributed by atoms with Gasteiger partial charge in [0.15, 0.2) is 3.95 Å². The highest BCUT2D eigenvalue weighted by atomic mass is 79.9. The average Bonchev–Trinajstić information content (AvgIpc) is 3.09.